The van der Waals surface area contributed by atoms with Gasteiger partial charge in [-0.25, -0.2) is 9.18 Å². The van der Waals surface area contributed by atoms with Gasteiger partial charge >= 0.3 is 6.03 Å². The number of para-hydroxylation sites is 1. The van der Waals surface area contributed by atoms with E-state index in [2.05, 4.69) is 22.4 Å². The maximum atomic E-state index is 13.6. The van der Waals surface area contributed by atoms with Crippen molar-refractivity contribution in [3.05, 3.63) is 42.2 Å². The lowest BCUT2D eigenvalue weighted by Crippen LogP contribution is -2.33. The summed E-state index contributed by atoms with van der Waals surface area (Å²) < 4.78 is 15.6. The molecule has 1 aromatic carbocycles. The number of hydrogen-bond acceptors (Lipinski definition) is 3. The number of carbonyl (C=O) groups excluding carboxylic acids is 1. The van der Waals surface area contributed by atoms with Gasteiger partial charge < -0.3 is 14.8 Å². The van der Waals surface area contributed by atoms with E-state index in [0.29, 0.717) is 19.0 Å². The number of aryl methyl sites for hydroxylation is 1. The number of likely N-dealkylation sites (tertiary alicyclic amines) is 1. The van der Waals surface area contributed by atoms with Crippen molar-refractivity contribution in [3.63, 3.8) is 0 Å². The van der Waals surface area contributed by atoms with Crippen molar-refractivity contribution in [2.24, 2.45) is 5.92 Å². The van der Waals surface area contributed by atoms with Gasteiger partial charge in [0.15, 0.2) is 0 Å². The van der Waals surface area contributed by atoms with Gasteiger partial charge in [0.2, 0.25) is 0 Å². The molecule has 2 heterocycles. The second-order valence-electron chi connectivity index (χ2n) is 5.75. The van der Waals surface area contributed by atoms with Crippen molar-refractivity contribution in [2.45, 2.75) is 26.3 Å². The van der Waals surface area contributed by atoms with E-state index < -0.39 is 5.82 Å². The summed E-state index contributed by atoms with van der Waals surface area (Å²) in [5.74, 6) is 0.886. The van der Waals surface area contributed by atoms with E-state index in [1.165, 1.54) is 6.07 Å². The summed E-state index contributed by atoms with van der Waals surface area (Å²) in [4.78, 5) is 14.0. The number of nitrogens with zero attached hydrogens (tertiary/aromatic N) is 4. The zero-order chi connectivity index (χ0) is 16.2. The van der Waals surface area contributed by atoms with Gasteiger partial charge in [-0.1, -0.05) is 12.1 Å². The number of nitrogens with one attached hydrogen (secondary N) is 1. The maximum absolute atomic E-state index is 13.6. The smallest absolute Gasteiger partial charge is 0.321 e. The first-order valence-electron chi connectivity index (χ1n) is 7.84. The van der Waals surface area contributed by atoms with Crippen molar-refractivity contribution >= 4 is 11.7 Å². The number of halogens is 1. The molecule has 23 heavy (non-hydrogen) atoms. The van der Waals surface area contributed by atoms with Crippen molar-refractivity contribution in [2.75, 3.05) is 18.4 Å². The van der Waals surface area contributed by atoms with Crippen LogP contribution in [-0.2, 0) is 13.0 Å². The minimum atomic E-state index is -0.423. The highest BCUT2D eigenvalue weighted by molar-refractivity contribution is 5.89. The molecule has 2 aromatic rings. The highest BCUT2D eigenvalue weighted by atomic mass is 19.1. The van der Waals surface area contributed by atoms with E-state index >= 15 is 0 Å². The number of carbonyl (C=O) groups is 1. The quantitative estimate of drug-likeness (QED) is 0.942. The van der Waals surface area contributed by atoms with E-state index in [9.17, 15) is 9.18 Å². The molecule has 1 unspecified atom stereocenters. The normalized spacial score (nSPS) is 17.5. The predicted octanol–water partition coefficient (Wildman–Crippen LogP) is 2.53. The summed E-state index contributed by atoms with van der Waals surface area (Å²) in [6, 6.07) is 5.93. The van der Waals surface area contributed by atoms with Crippen LogP contribution in [0.4, 0.5) is 14.9 Å². The summed E-state index contributed by atoms with van der Waals surface area (Å²) in [6.45, 7) is 4.21. The van der Waals surface area contributed by atoms with Gasteiger partial charge in [0, 0.05) is 26.1 Å². The third kappa shape index (κ3) is 3.49. The molecular formula is C16H20FN5O. The second-order valence-corrected chi connectivity index (χ2v) is 5.75. The molecule has 0 radical (unpaired) electrons. The van der Waals surface area contributed by atoms with E-state index in [-0.39, 0.29) is 11.7 Å². The highest BCUT2D eigenvalue weighted by Crippen LogP contribution is 2.21. The van der Waals surface area contributed by atoms with E-state index in [1.807, 2.05) is 4.57 Å². The Hall–Kier alpha value is -2.44. The molecule has 1 aliphatic rings. The summed E-state index contributed by atoms with van der Waals surface area (Å²) in [6.07, 6.45) is 3.45. The van der Waals surface area contributed by atoms with Gasteiger partial charge in [0.25, 0.3) is 0 Å². The fourth-order valence-corrected chi connectivity index (χ4v) is 2.90. The van der Waals surface area contributed by atoms with Gasteiger partial charge in [-0.05, 0) is 31.4 Å². The molecule has 1 fully saturated rings. The first-order valence-corrected chi connectivity index (χ1v) is 7.84. The molecule has 0 spiro atoms. The van der Waals surface area contributed by atoms with Crippen LogP contribution in [0.25, 0.3) is 0 Å². The van der Waals surface area contributed by atoms with E-state index in [1.54, 1.807) is 29.4 Å². The van der Waals surface area contributed by atoms with Crippen LogP contribution in [0.5, 0.6) is 0 Å². The molecule has 0 bridgehead atoms. The predicted molar refractivity (Wildman–Crippen MR) is 84.5 cm³/mol. The summed E-state index contributed by atoms with van der Waals surface area (Å²) in [5, 5.41) is 10.7. The second kappa shape index (κ2) is 6.76. The minimum Gasteiger partial charge on any atom is -0.324 e. The van der Waals surface area contributed by atoms with Crippen LogP contribution >= 0.6 is 0 Å². The van der Waals surface area contributed by atoms with Crippen LogP contribution in [0.15, 0.2) is 30.6 Å². The largest absolute Gasteiger partial charge is 0.324 e. The van der Waals surface area contributed by atoms with Crippen LogP contribution < -0.4 is 5.32 Å². The lowest BCUT2D eigenvalue weighted by atomic mass is 10.0. The van der Waals surface area contributed by atoms with E-state index in [4.69, 9.17) is 0 Å². The molecule has 2 amide bonds. The van der Waals surface area contributed by atoms with Gasteiger partial charge in [-0.3, -0.25) is 0 Å². The van der Waals surface area contributed by atoms with E-state index in [0.717, 1.165) is 25.2 Å². The third-order valence-electron chi connectivity index (χ3n) is 4.20. The molecular weight excluding hydrogens is 297 g/mol. The van der Waals surface area contributed by atoms with Gasteiger partial charge in [0.1, 0.15) is 18.0 Å². The average Bonchev–Trinajstić information content (AvgIpc) is 3.19. The van der Waals surface area contributed by atoms with Crippen LogP contribution in [-0.4, -0.2) is 38.8 Å². The lowest BCUT2D eigenvalue weighted by molar-refractivity contribution is 0.220. The van der Waals surface area contributed by atoms with Gasteiger partial charge in [-0.15, -0.1) is 10.2 Å². The molecule has 1 atom stereocenters. The molecule has 122 valence electrons. The average molecular weight is 317 g/mol. The molecule has 6 nitrogen and oxygen atoms in total. The zero-order valence-electron chi connectivity index (χ0n) is 13.1. The molecule has 1 aliphatic heterocycles. The van der Waals surface area contributed by atoms with Gasteiger partial charge in [-0.2, -0.15) is 0 Å². The monoisotopic (exact) mass is 317 g/mol. The number of rotatable bonds is 4. The number of hydrogen-bond donors (Lipinski definition) is 1. The molecule has 1 N–H and O–H groups in total. The number of aromatic nitrogens is 3. The molecule has 1 saturated heterocycles. The van der Waals surface area contributed by atoms with Crippen molar-refractivity contribution in [3.8, 4) is 0 Å². The Balaban J connectivity index is 1.57. The first kappa shape index (κ1) is 15.5. The summed E-state index contributed by atoms with van der Waals surface area (Å²) in [7, 11) is 0. The molecule has 1 aromatic heterocycles. The lowest BCUT2D eigenvalue weighted by Gasteiger charge is -2.17. The first-order chi connectivity index (χ1) is 11.2. The van der Waals surface area contributed by atoms with Crippen LogP contribution in [0.2, 0.25) is 0 Å². The minimum absolute atomic E-state index is 0.215. The SMILES string of the molecule is CCn1cnnc1CC1CCN(C(=O)Nc2ccccc2F)C1. The summed E-state index contributed by atoms with van der Waals surface area (Å²) in [5.41, 5.74) is 0.215. The molecule has 0 aliphatic carbocycles. The third-order valence-corrected chi connectivity index (χ3v) is 4.20. The number of amides is 2. The number of anilines is 1. The van der Waals surface area contributed by atoms with Crippen LogP contribution in [0, 0.1) is 11.7 Å². The van der Waals surface area contributed by atoms with Crippen LogP contribution in [0.3, 0.4) is 0 Å². The van der Waals surface area contributed by atoms with Crippen molar-refractivity contribution in [1.29, 1.82) is 0 Å². The van der Waals surface area contributed by atoms with Crippen LogP contribution in [0.1, 0.15) is 19.2 Å². The maximum Gasteiger partial charge on any atom is 0.321 e. The standard InChI is InChI=1S/C16H20FN5O/c1-2-21-11-18-20-15(21)9-12-7-8-22(10-12)16(23)19-14-6-4-3-5-13(14)17/h3-6,11-12H,2,7-10H2,1H3,(H,19,23). The van der Waals surface area contributed by atoms with Gasteiger partial charge in [0.05, 0.1) is 5.69 Å². The Morgan fingerprint density at radius 3 is 3.04 bits per heavy atom. The summed E-state index contributed by atoms with van der Waals surface area (Å²) >= 11 is 0. The fraction of sp³-hybridized carbons (Fsp3) is 0.438. The Morgan fingerprint density at radius 2 is 2.26 bits per heavy atom. The Morgan fingerprint density at radius 1 is 1.43 bits per heavy atom. The Bertz CT molecular complexity index is 687. The highest BCUT2D eigenvalue weighted by Gasteiger charge is 2.27. The fourth-order valence-electron chi connectivity index (χ4n) is 2.90. The topological polar surface area (TPSA) is 63.1 Å². The molecule has 3 rings (SSSR count). The Labute approximate surface area is 134 Å². The Kier molecular flexibility index (Phi) is 4.55. The van der Waals surface area contributed by atoms with Crippen molar-refractivity contribution < 1.29 is 9.18 Å². The van der Waals surface area contributed by atoms with Crippen molar-refractivity contribution in [1.82, 2.24) is 19.7 Å². The molecule has 0 saturated carbocycles. The zero-order valence-corrected chi connectivity index (χ0v) is 13.1. The number of urea groups is 1. The molecule has 7 heteroatoms. The number of benzene rings is 1.